The van der Waals surface area contributed by atoms with Crippen molar-refractivity contribution in [2.45, 2.75) is 39.1 Å². The highest BCUT2D eigenvalue weighted by Crippen LogP contribution is 2.41. The van der Waals surface area contributed by atoms with E-state index in [1.54, 1.807) is 12.1 Å². The summed E-state index contributed by atoms with van der Waals surface area (Å²) in [6.07, 6.45) is 1.53. The molecular weight excluding hydrogens is 392 g/mol. The average molecular weight is 416 g/mol. The SMILES string of the molecule is CC(=O)N1[C@H](C(=O)OCC(=O)Nc2c(C)cc(C)cc2C)CS[C@H]1c1ccco1. The van der Waals surface area contributed by atoms with Gasteiger partial charge in [-0.15, -0.1) is 11.8 Å². The Kier molecular flexibility index (Phi) is 6.32. The van der Waals surface area contributed by atoms with Gasteiger partial charge in [-0.05, 0) is 44.0 Å². The summed E-state index contributed by atoms with van der Waals surface area (Å²) in [4.78, 5) is 38.4. The minimum atomic E-state index is -0.761. The lowest BCUT2D eigenvalue weighted by molar-refractivity contribution is -0.155. The van der Waals surface area contributed by atoms with Crippen molar-refractivity contribution in [1.82, 2.24) is 4.90 Å². The van der Waals surface area contributed by atoms with Crippen LogP contribution in [0, 0.1) is 20.8 Å². The third-order valence-electron chi connectivity index (χ3n) is 4.71. The number of hydrogen-bond acceptors (Lipinski definition) is 6. The highest BCUT2D eigenvalue weighted by atomic mass is 32.2. The number of anilines is 1. The molecule has 2 heterocycles. The predicted molar refractivity (Wildman–Crippen MR) is 110 cm³/mol. The number of amides is 2. The van der Waals surface area contributed by atoms with Gasteiger partial charge in [-0.3, -0.25) is 9.59 Å². The first-order valence-corrected chi connectivity index (χ1v) is 10.3. The predicted octanol–water partition coefficient (Wildman–Crippen LogP) is 3.35. The molecule has 0 spiro atoms. The standard InChI is InChI=1S/C21H24N2O5S/c1-12-8-13(2)19(14(3)9-12)22-18(25)10-28-21(26)16-11-29-20(23(16)15(4)24)17-6-5-7-27-17/h5-9,16,20H,10-11H2,1-4H3,(H,22,25)/t16-,20-/m0/s1. The van der Waals surface area contributed by atoms with Gasteiger partial charge >= 0.3 is 5.97 Å². The molecule has 1 aromatic heterocycles. The summed E-state index contributed by atoms with van der Waals surface area (Å²) in [5, 5.41) is 2.42. The van der Waals surface area contributed by atoms with E-state index in [1.165, 1.54) is 29.8 Å². The van der Waals surface area contributed by atoms with E-state index in [0.717, 1.165) is 22.4 Å². The first kappa shape index (κ1) is 21.0. The van der Waals surface area contributed by atoms with Crippen molar-refractivity contribution in [2.24, 2.45) is 0 Å². The van der Waals surface area contributed by atoms with E-state index in [4.69, 9.17) is 9.15 Å². The second-order valence-corrected chi connectivity index (χ2v) is 8.19. The zero-order chi connectivity index (χ0) is 21.1. The van der Waals surface area contributed by atoms with E-state index in [0.29, 0.717) is 11.5 Å². The van der Waals surface area contributed by atoms with Gasteiger partial charge in [0.15, 0.2) is 6.61 Å². The molecule has 3 rings (SSSR count). The number of hydrogen-bond donors (Lipinski definition) is 1. The minimum Gasteiger partial charge on any atom is -0.466 e. The zero-order valence-electron chi connectivity index (χ0n) is 16.9. The fourth-order valence-electron chi connectivity index (χ4n) is 3.51. The number of nitrogens with zero attached hydrogens (tertiary/aromatic N) is 1. The molecular formula is C21H24N2O5S. The molecule has 1 saturated heterocycles. The molecule has 0 unspecified atom stereocenters. The van der Waals surface area contributed by atoms with E-state index in [-0.39, 0.29) is 11.3 Å². The number of furan rings is 1. The molecule has 0 bridgehead atoms. The number of thioether (sulfide) groups is 1. The number of carbonyl (C=O) groups excluding carboxylic acids is 3. The van der Waals surface area contributed by atoms with E-state index in [2.05, 4.69) is 5.32 Å². The lowest BCUT2D eigenvalue weighted by Crippen LogP contribution is -2.43. The van der Waals surface area contributed by atoms with E-state index < -0.39 is 24.5 Å². The van der Waals surface area contributed by atoms with Gasteiger partial charge in [-0.1, -0.05) is 17.7 Å². The van der Waals surface area contributed by atoms with Crippen LogP contribution in [0.2, 0.25) is 0 Å². The van der Waals surface area contributed by atoms with Crippen LogP contribution in [0.1, 0.15) is 34.7 Å². The Morgan fingerprint density at radius 3 is 2.52 bits per heavy atom. The van der Waals surface area contributed by atoms with Gasteiger partial charge in [0.05, 0.1) is 6.26 Å². The number of esters is 1. The van der Waals surface area contributed by atoms with Crippen molar-refractivity contribution in [3.63, 3.8) is 0 Å². The van der Waals surface area contributed by atoms with Crippen molar-refractivity contribution in [1.29, 1.82) is 0 Å². The van der Waals surface area contributed by atoms with E-state index in [9.17, 15) is 14.4 Å². The summed E-state index contributed by atoms with van der Waals surface area (Å²) < 4.78 is 10.6. The third-order valence-corrected chi connectivity index (χ3v) is 5.99. The van der Waals surface area contributed by atoms with Crippen LogP contribution in [-0.4, -0.2) is 41.1 Å². The summed E-state index contributed by atoms with van der Waals surface area (Å²) in [7, 11) is 0. The Morgan fingerprint density at radius 1 is 1.24 bits per heavy atom. The first-order valence-electron chi connectivity index (χ1n) is 9.26. The van der Waals surface area contributed by atoms with Gasteiger partial charge in [0.2, 0.25) is 5.91 Å². The van der Waals surface area contributed by atoms with Gasteiger partial charge in [0, 0.05) is 18.4 Å². The summed E-state index contributed by atoms with van der Waals surface area (Å²) >= 11 is 1.43. The van der Waals surface area contributed by atoms with Crippen molar-refractivity contribution in [3.8, 4) is 0 Å². The number of rotatable bonds is 5. The monoisotopic (exact) mass is 416 g/mol. The largest absolute Gasteiger partial charge is 0.466 e. The molecule has 2 aromatic rings. The van der Waals surface area contributed by atoms with Gasteiger partial charge in [0.1, 0.15) is 17.2 Å². The molecule has 29 heavy (non-hydrogen) atoms. The van der Waals surface area contributed by atoms with Crippen LogP contribution in [-0.2, 0) is 19.1 Å². The number of ether oxygens (including phenoxy) is 1. The first-order chi connectivity index (χ1) is 13.8. The third kappa shape index (κ3) is 4.64. The van der Waals surface area contributed by atoms with Crippen LogP contribution in [0.15, 0.2) is 34.9 Å². The fourth-order valence-corrected chi connectivity index (χ4v) is 4.92. The summed E-state index contributed by atoms with van der Waals surface area (Å²) in [6.45, 7) is 6.80. The topological polar surface area (TPSA) is 88.8 Å². The second kappa shape index (κ2) is 8.73. The molecule has 0 aliphatic carbocycles. The van der Waals surface area contributed by atoms with Crippen LogP contribution in [0.5, 0.6) is 0 Å². The molecule has 1 N–H and O–H groups in total. The molecule has 2 atom stereocenters. The van der Waals surface area contributed by atoms with Gasteiger partial charge in [0.25, 0.3) is 5.91 Å². The van der Waals surface area contributed by atoms with Crippen LogP contribution >= 0.6 is 11.8 Å². The Balaban J connectivity index is 1.61. The Bertz CT molecular complexity index is 902. The molecule has 1 aliphatic heterocycles. The molecule has 1 aliphatic rings. The maximum absolute atomic E-state index is 12.6. The van der Waals surface area contributed by atoms with Crippen molar-refractivity contribution in [2.75, 3.05) is 17.7 Å². The van der Waals surface area contributed by atoms with E-state index in [1.807, 2.05) is 32.9 Å². The van der Waals surface area contributed by atoms with Crippen molar-refractivity contribution < 1.29 is 23.5 Å². The zero-order valence-corrected chi connectivity index (χ0v) is 17.7. The normalized spacial score (nSPS) is 18.6. The highest BCUT2D eigenvalue weighted by Gasteiger charge is 2.43. The Hall–Kier alpha value is -2.74. The summed E-state index contributed by atoms with van der Waals surface area (Å²) in [5.74, 6) is -0.302. The van der Waals surface area contributed by atoms with Crippen molar-refractivity contribution in [3.05, 3.63) is 53.0 Å². The lowest BCUT2D eigenvalue weighted by atomic mass is 10.1. The molecule has 1 fully saturated rings. The van der Waals surface area contributed by atoms with Crippen LogP contribution in [0.4, 0.5) is 5.69 Å². The van der Waals surface area contributed by atoms with Crippen molar-refractivity contribution >= 4 is 35.2 Å². The number of nitrogens with one attached hydrogen (secondary N) is 1. The van der Waals surface area contributed by atoms with Crippen LogP contribution in [0.25, 0.3) is 0 Å². The average Bonchev–Trinajstić information content (AvgIpc) is 3.31. The summed E-state index contributed by atoms with van der Waals surface area (Å²) in [5.41, 5.74) is 3.71. The second-order valence-electron chi connectivity index (χ2n) is 7.07. The Morgan fingerprint density at radius 2 is 1.93 bits per heavy atom. The molecule has 1 aromatic carbocycles. The van der Waals surface area contributed by atoms with E-state index >= 15 is 0 Å². The molecule has 7 nitrogen and oxygen atoms in total. The van der Waals surface area contributed by atoms with Crippen LogP contribution < -0.4 is 5.32 Å². The molecule has 0 radical (unpaired) electrons. The quantitative estimate of drug-likeness (QED) is 0.752. The van der Waals surface area contributed by atoms with Gasteiger partial charge in [-0.25, -0.2) is 4.79 Å². The highest BCUT2D eigenvalue weighted by molar-refractivity contribution is 7.99. The number of aryl methyl sites for hydroxylation is 3. The molecule has 2 amide bonds. The van der Waals surface area contributed by atoms with Gasteiger partial charge in [-0.2, -0.15) is 0 Å². The maximum atomic E-state index is 12.6. The fraction of sp³-hybridized carbons (Fsp3) is 0.381. The van der Waals surface area contributed by atoms with Gasteiger partial charge < -0.3 is 19.4 Å². The smallest absolute Gasteiger partial charge is 0.330 e. The summed E-state index contributed by atoms with van der Waals surface area (Å²) in [6, 6.07) is 6.69. The lowest BCUT2D eigenvalue weighted by Gasteiger charge is -2.25. The molecule has 154 valence electrons. The molecule has 0 saturated carbocycles. The van der Waals surface area contributed by atoms with Crippen LogP contribution in [0.3, 0.4) is 0 Å². The molecule has 8 heteroatoms. The minimum absolute atomic E-state index is 0.256. The number of benzene rings is 1. The maximum Gasteiger partial charge on any atom is 0.330 e. The Labute approximate surface area is 173 Å². The number of carbonyl (C=O) groups is 3.